The molecule has 0 saturated carbocycles. The summed E-state index contributed by atoms with van der Waals surface area (Å²) in [7, 11) is 0. The van der Waals surface area contributed by atoms with E-state index in [1.807, 2.05) is 18.3 Å². The predicted octanol–water partition coefficient (Wildman–Crippen LogP) is 2.08. The molecule has 7 heteroatoms. The molecule has 24 heavy (non-hydrogen) atoms. The smallest absolute Gasteiger partial charge is 0.243 e. The Kier molecular flexibility index (Phi) is 3.89. The molecule has 3 aromatic rings. The van der Waals surface area contributed by atoms with Crippen molar-refractivity contribution in [1.82, 2.24) is 24.8 Å². The number of aromatic nitrogens is 5. The maximum absolute atomic E-state index is 5.38. The Morgan fingerprint density at radius 3 is 3.08 bits per heavy atom. The molecule has 0 bridgehead atoms. The van der Waals surface area contributed by atoms with Gasteiger partial charge in [0.15, 0.2) is 5.65 Å². The van der Waals surface area contributed by atoms with E-state index in [0.29, 0.717) is 12.0 Å². The topological polar surface area (TPSA) is 80.1 Å². The second kappa shape index (κ2) is 6.34. The Bertz CT molecular complexity index is 910. The largest absolute Gasteiger partial charge is 0.381 e. The van der Waals surface area contributed by atoms with E-state index in [1.54, 1.807) is 17.6 Å². The number of nitrogens with one attached hydrogen (secondary N) is 2. The fourth-order valence-electron chi connectivity index (χ4n) is 2.86. The van der Waals surface area contributed by atoms with Gasteiger partial charge in [-0.1, -0.05) is 5.92 Å². The molecule has 0 aliphatic carbocycles. The van der Waals surface area contributed by atoms with Gasteiger partial charge >= 0.3 is 0 Å². The molecule has 2 N–H and O–H groups in total. The maximum Gasteiger partial charge on any atom is 0.243 e. The van der Waals surface area contributed by atoms with Gasteiger partial charge < -0.3 is 10.1 Å². The lowest BCUT2D eigenvalue weighted by atomic mass is 10.1. The molecule has 0 amide bonds. The van der Waals surface area contributed by atoms with Crippen LogP contribution >= 0.6 is 0 Å². The summed E-state index contributed by atoms with van der Waals surface area (Å²) < 4.78 is 7.15. The summed E-state index contributed by atoms with van der Waals surface area (Å²) in [5.74, 6) is 6.57. The minimum absolute atomic E-state index is 0.371. The van der Waals surface area contributed by atoms with Gasteiger partial charge in [0.2, 0.25) is 5.95 Å². The van der Waals surface area contributed by atoms with Crippen LogP contribution in [0.3, 0.4) is 0 Å². The summed E-state index contributed by atoms with van der Waals surface area (Å²) in [6.07, 6.45) is 5.65. The van der Waals surface area contributed by atoms with Crippen LogP contribution in [0.4, 0.5) is 5.95 Å². The molecule has 0 spiro atoms. The molecule has 0 unspecified atom stereocenters. The van der Waals surface area contributed by atoms with Crippen molar-refractivity contribution >= 4 is 11.6 Å². The van der Waals surface area contributed by atoms with Gasteiger partial charge in [-0.25, -0.2) is 4.52 Å². The van der Waals surface area contributed by atoms with E-state index < -0.39 is 0 Å². The lowest BCUT2D eigenvalue weighted by Crippen LogP contribution is -2.28. The number of anilines is 1. The summed E-state index contributed by atoms with van der Waals surface area (Å²) in [4.78, 5) is 4.59. The van der Waals surface area contributed by atoms with Crippen LogP contribution in [0.5, 0.6) is 0 Å². The van der Waals surface area contributed by atoms with Crippen molar-refractivity contribution in [1.29, 1.82) is 0 Å². The first-order valence-corrected chi connectivity index (χ1v) is 8.00. The molecule has 1 aliphatic heterocycles. The van der Waals surface area contributed by atoms with Crippen molar-refractivity contribution in [3.05, 3.63) is 30.2 Å². The van der Waals surface area contributed by atoms with Crippen molar-refractivity contribution in [3.63, 3.8) is 0 Å². The third-order valence-corrected chi connectivity index (χ3v) is 4.09. The molecule has 3 aromatic heterocycles. The van der Waals surface area contributed by atoms with Crippen LogP contribution in [0.1, 0.15) is 25.5 Å². The van der Waals surface area contributed by atoms with Crippen molar-refractivity contribution < 1.29 is 4.74 Å². The number of aromatic amines is 1. The summed E-state index contributed by atoms with van der Waals surface area (Å²) in [5.41, 5.74) is 3.58. The van der Waals surface area contributed by atoms with Gasteiger partial charge in [-0.05, 0) is 43.4 Å². The summed E-state index contributed by atoms with van der Waals surface area (Å²) in [6, 6.07) is 4.36. The number of fused-ring (bicyclic) bond motifs is 1. The van der Waals surface area contributed by atoms with Crippen LogP contribution in [-0.4, -0.2) is 44.1 Å². The van der Waals surface area contributed by atoms with Gasteiger partial charge in [0.25, 0.3) is 0 Å². The molecule has 7 nitrogen and oxygen atoms in total. The Morgan fingerprint density at radius 2 is 2.25 bits per heavy atom. The quantitative estimate of drug-likeness (QED) is 0.722. The summed E-state index contributed by atoms with van der Waals surface area (Å²) >= 11 is 0. The second-order valence-electron chi connectivity index (χ2n) is 5.72. The molecular formula is C17H18N6O. The highest BCUT2D eigenvalue weighted by Gasteiger charge is 2.16. The highest BCUT2D eigenvalue weighted by Crippen LogP contribution is 2.23. The number of nitrogens with zero attached hydrogens (tertiary/aromatic N) is 4. The highest BCUT2D eigenvalue weighted by atomic mass is 16.5. The van der Waals surface area contributed by atoms with Crippen LogP contribution < -0.4 is 5.32 Å². The van der Waals surface area contributed by atoms with Crippen LogP contribution in [0.2, 0.25) is 0 Å². The minimum Gasteiger partial charge on any atom is -0.381 e. The predicted molar refractivity (Wildman–Crippen MR) is 90.6 cm³/mol. The molecule has 1 fully saturated rings. The van der Waals surface area contributed by atoms with E-state index >= 15 is 0 Å². The lowest BCUT2D eigenvalue weighted by molar-refractivity contribution is 0.0903. The van der Waals surface area contributed by atoms with Gasteiger partial charge in [-0.15, -0.1) is 5.10 Å². The highest BCUT2D eigenvalue weighted by molar-refractivity contribution is 5.71. The molecule has 0 atom stereocenters. The number of ether oxygens (including phenoxy) is 1. The first-order chi connectivity index (χ1) is 11.8. The van der Waals surface area contributed by atoms with Crippen LogP contribution in [0.15, 0.2) is 24.5 Å². The fraction of sp³-hybridized carbons (Fsp3) is 0.353. The molecule has 1 aliphatic rings. The summed E-state index contributed by atoms with van der Waals surface area (Å²) in [6.45, 7) is 3.38. The Balaban J connectivity index is 1.63. The number of pyridine rings is 1. The average molecular weight is 322 g/mol. The van der Waals surface area contributed by atoms with Crippen molar-refractivity contribution in [2.45, 2.75) is 25.8 Å². The van der Waals surface area contributed by atoms with E-state index in [0.717, 1.165) is 48.5 Å². The zero-order valence-corrected chi connectivity index (χ0v) is 13.4. The Labute approximate surface area is 139 Å². The monoisotopic (exact) mass is 322 g/mol. The minimum atomic E-state index is 0.371. The molecule has 4 heterocycles. The van der Waals surface area contributed by atoms with E-state index in [-0.39, 0.29) is 0 Å². The van der Waals surface area contributed by atoms with Gasteiger partial charge in [-0.2, -0.15) is 10.1 Å². The molecule has 0 radical (unpaired) electrons. The molecular weight excluding hydrogens is 304 g/mol. The fourth-order valence-corrected chi connectivity index (χ4v) is 2.86. The maximum atomic E-state index is 5.38. The zero-order valence-electron chi connectivity index (χ0n) is 13.4. The number of rotatable bonds is 3. The third kappa shape index (κ3) is 2.84. The Morgan fingerprint density at radius 1 is 1.38 bits per heavy atom. The van der Waals surface area contributed by atoms with Crippen molar-refractivity contribution in [2.24, 2.45) is 0 Å². The van der Waals surface area contributed by atoms with Crippen molar-refractivity contribution in [2.75, 3.05) is 18.5 Å². The van der Waals surface area contributed by atoms with E-state index in [1.165, 1.54) is 0 Å². The number of hydrogen-bond acceptors (Lipinski definition) is 5. The molecule has 4 rings (SSSR count). The second-order valence-corrected chi connectivity index (χ2v) is 5.72. The standard InChI is InChI=1S/C17H18N6O/c1-2-3-15-14(11-18-21-15)12-4-7-23-16(10-12)20-17(22-23)19-13-5-8-24-9-6-13/h4,7,10-11,13H,5-6,8-9H2,1H3,(H,18,21)(H,19,22). The first-order valence-electron chi connectivity index (χ1n) is 8.00. The number of hydrogen-bond donors (Lipinski definition) is 2. The lowest BCUT2D eigenvalue weighted by Gasteiger charge is -2.22. The van der Waals surface area contributed by atoms with Crippen LogP contribution in [-0.2, 0) is 4.74 Å². The number of H-pyrrole nitrogens is 1. The molecule has 122 valence electrons. The Hall–Kier alpha value is -2.85. The van der Waals surface area contributed by atoms with Gasteiger partial charge in [0.1, 0.15) is 5.69 Å². The van der Waals surface area contributed by atoms with Crippen molar-refractivity contribution in [3.8, 4) is 23.0 Å². The van der Waals surface area contributed by atoms with Gasteiger partial charge in [-0.3, -0.25) is 5.10 Å². The van der Waals surface area contributed by atoms with E-state index in [4.69, 9.17) is 4.74 Å². The summed E-state index contributed by atoms with van der Waals surface area (Å²) in [5, 5.41) is 14.9. The first kappa shape index (κ1) is 14.7. The molecule has 0 aromatic carbocycles. The van der Waals surface area contributed by atoms with Crippen LogP contribution in [0.25, 0.3) is 16.8 Å². The average Bonchev–Trinajstić information content (AvgIpc) is 3.21. The van der Waals surface area contributed by atoms with Gasteiger partial charge in [0.05, 0.1) is 6.20 Å². The van der Waals surface area contributed by atoms with E-state index in [2.05, 4.69) is 37.4 Å². The zero-order chi connectivity index (χ0) is 16.4. The normalized spacial score (nSPS) is 15.2. The molecule has 1 saturated heterocycles. The SMILES string of the molecule is CC#Cc1[nH]ncc1-c1ccn2nc(NC3CCOCC3)nc2c1. The van der Waals surface area contributed by atoms with Crippen LogP contribution in [0, 0.1) is 11.8 Å². The van der Waals surface area contributed by atoms with E-state index in [9.17, 15) is 0 Å². The third-order valence-electron chi connectivity index (χ3n) is 4.09. The van der Waals surface area contributed by atoms with Gasteiger partial charge in [0, 0.05) is 31.0 Å².